The normalized spacial score (nSPS) is 13.3. The van der Waals surface area contributed by atoms with Crippen LogP contribution in [0.2, 0.25) is 19.6 Å². The van der Waals surface area contributed by atoms with Crippen LogP contribution in [0.15, 0.2) is 18.2 Å². The fraction of sp³-hybridized carbons (Fsp3) is 0.500. The molecule has 0 bridgehead atoms. The highest BCUT2D eigenvalue weighted by atomic mass is 28.3. The van der Waals surface area contributed by atoms with E-state index in [2.05, 4.69) is 4.74 Å². The van der Waals surface area contributed by atoms with Gasteiger partial charge in [0, 0.05) is 18.2 Å². The van der Waals surface area contributed by atoms with Crippen molar-refractivity contribution in [2.45, 2.75) is 45.5 Å². The van der Waals surface area contributed by atoms with E-state index in [0.717, 1.165) is 12.1 Å². The summed E-state index contributed by atoms with van der Waals surface area (Å²) in [6.45, 7) is 8.28. The van der Waals surface area contributed by atoms with Crippen molar-refractivity contribution >= 4 is 30.9 Å². The number of halogens is 2. The van der Waals surface area contributed by atoms with E-state index in [1.807, 2.05) is 19.6 Å². The summed E-state index contributed by atoms with van der Waals surface area (Å²) in [5.41, 5.74) is 6.06. The standard InChI is InChI=1S/C16H23F2NO4Si/c1-6-22-15(21)16(17,18)14(23-10(2)20)11-7-12(19)9-13(8-11)24(3,4)5/h7-9,14H,6,19H2,1-5H3. The number of anilines is 1. The third-order valence-corrected chi connectivity index (χ3v) is 5.33. The number of hydrogen-bond acceptors (Lipinski definition) is 5. The fourth-order valence-electron chi connectivity index (χ4n) is 2.11. The van der Waals surface area contributed by atoms with Gasteiger partial charge in [-0.2, -0.15) is 8.78 Å². The molecular formula is C16H23F2NO4Si. The zero-order valence-electron chi connectivity index (χ0n) is 14.5. The SMILES string of the molecule is CCOC(=O)C(F)(F)C(OC(C)=O)c1cc(N)cc([Si](C)(C)C)c1. The first-order valence-corrected chi connectivity index (χ1v) is 11.0. The summed E-state index contributed by atoms with van der Waals surface area (Å²) >= 11 is 0. The first kappa shape index (κ1) is 20.1. The van der Waals surface area contributed by atoms with Gasteiger partial charge in [0.2, 0.25) is 6.10 Å². The first-order chi connectivity index (χ1) is 10.9. The lowest BCUT2D eigenvalue weighted by atomic mass is 10.0. The van der Waals surface area contributed by atoms with Gasteiger partial charge in [0.15, 0.2) is 0 Å². The van der Waals surface area contributed by atoms with Crippen LogP contribution in [0, 0.1) is 0 Å². The largest absolute Gasteiger partial charge is 0.461 e. The quantitative estimate of drug-likeness (QED) is 0.480. The van der Waals surface area contributed by atoms with Crippen molar-refractivity contribution in [1.82, 2.24) is 0 Å². The second-order valence-electron chi connectivity index (χ2n) is 6.47. The minimum atomic E-state index is -4.02. The molecule has 24 heavy (non-hydrogen) atoms. The van der Waals surface area contributed by atoms with Crippen LogP contribution in [-0.4, -0.2) is 32.5 Å². The molecule has 2 N–H and O–H groups in total. The zero-order valence-corrected chi connectivity index (χ0v) is 15.5. The number of carbonyl (C=O) groups is 2. The van der Waals surface area contributed by atoms with Gasteiger partial charge in [0.05, 0.1) is 14.7 Å². The summed E-state index contributed by atoms with van der Waals surface area (Å²) in [6.07, 6.45) is -2.09. The predicted octanol–water partition coefficient (Wildman–Crippen LogP) is 2.62. The number of ether oxygens (including phenoxy) is 2. The summed E-state index contributed by atoms with van der Waals surface area (Å²) < 4.78 is 38.2. The van der Waals surface area contributed by atoms with Gasteiger partial charge in [-0.05, 0) is 19.1 Å². The van der Waals surface area contributed by atoms with Gasteiger partial charge in [-0.25, -0.2) is 4.79 Å². The molecule has 0 aromatic heterocycles. The number of carbonyl (C=O) groups excluding carboxylic acids is 2. The van der Waals surface area contributed by atoms with Crippen LogP contribution in [0.4, 0.5) is 14.5 Å². The van der Waals surface area contributed by atoms with E-state index in [1.165, 1.54) is 19.1 Å². The maximum Gasteiger partial charge on any atom is 0.382 e. The van der Waals surface area contributed by atoms with Gasteiger partial charge in [-0.1, -0.05) is 30.9 Å². The van der Waals surface area contributed by atoms with Crippen LogP contribution in [0.5, 0.6) is 0 Å². The average molecular weight is 359 g/mol. The second-order valence-corrected chi connectivity index (χ2v) is 11.5. The Bertz CT molecular complexity index is 629. The molecule has 0 saturated heterocycles. The van der Waals surface area contributed by atoms with Crippen LogP contribution in [0.25, 0.3) is 0 Å². The molecule has 0 aliphatic rings. The molecule has 1 aromatic carbocycles. The summed E-state index contributed by atoms with van der Waals surface area (Å²) in [6, 6.07) is 4.51. The Labute approximate surface area is 141 Å². The van der Waals surface area contributed by atoms with Crippen LogP contribution >= 0.6 is 0 Å². The molecule has 0 radical (unpaired) electrons. The molecule has 1 atom stereocenters. The van der Waals surface area contributed by atoms with Crippen molar-refractivity contribution in [2.24, 2.45) is 0 Å². The van der Waals surface area contributed by atoms with Gasteiger partial charge < -0.3 is 15.2 Å². The molecule has 0 aliphatic carbocycles. The van der Waals surface area contributed by atoms with Crippen LogP contribution in [0.3, 0.4) is 0 Å². The topological polar surface area (TPSA) is 78.6 Å². The minimum absolute atomic E-state index is 0.0271. The van der Waals surface area contributed by atoms with Crippen LogP contribution in [-0.2, 0) is 19.1 Å². The Kier molecular flexibility index (Phi) is 6.10. The third-order valence-electron chi connectivity index (χ3n) is 3.31. The molecule has 1 unspecified atom stereocenters. The third kappa shape index (κ3) is 4.77. The second kappa shape index (κ2) is 7.29. The number of esters is 2. The van der Waals surface area contributed by atoms with E-state index in [0.29, 0.717) is 0 Å². The van der Waals surface area contributed by atoms with E-state index < -0.39 is 32.0 Å². The Morgan fingerprint density at radius 1 is 1.25 bits per heavy atom. The van der Waals surface area contributed by atoms with Crippen molar-refractivity contribution in [3.05, 3.63) is 23.8 Å². The highest BCUT2D eigenvalue weighted by Crippen LogP contribution is 2.36. The van der Waals surface area contributed by atoms with Crippen molar-refractivity contribution in [3.63, 3.8) is 0 Å². The molecule has 0 heterocycles. The molecule has 0 spiro atoms. The molecular weight excluding hydrogens is 336 g/mol. The van der Waals surface area contributed by atoms with Crippen molar-refractivity contribution < 1.29 is 27.8 Å². The van der Waals surface area contributed by atoms with Crippen LogP contribution in [0.1, 0.15) is 25.5 Å². The van der Waals surface area contributed by atoms with Gasteiger partial charge in [0.25, 0.3) is 0 Å². The van der Waals surface area contributed by atoms with E-state index in [1.54, 1.807) is 6.07 Å². The minimum Gasteiger partial charge on any atom is -0.461 e. The maximum atomic E-state index is 14.5. The van der Waals surface area contributed by atoms with Crippen LogP contribution < -0.4 is 10.9 Å². The summed E-state index contributed by atoms with van der Waals surface area (Å²) in [5.74, 6) is -6.69. The monoisotopic (exact) mass is 359 g/mol. The lowest BCUT2D eigenvalue weighted by Crippen LogP contribution is -2.42. The molecule has 0 saturated carbocycles. The van der Waals surface area contributed by atoms with Gasteiger partial charge in [0.1, 0.15) is 0 Å². The molecule has 8 heteroatoms. The molecule has 0 amide bonds. The molecule has 0 fully saturated rings. The van der Waals surface area contributed by atoms with Gasteiger partial charge in [-0.15, -0.1) is 0 Å². The van der Waals surface area contributed by atoms with Gasteiger partial charge >= 0.3 is 17.9 Å². The lowest BCUT2D eigenvalue weighted by molar-refractivity contribution is -0.198. The molecule has 1 aromatic rings. The van der Waals surface area contributed by atoms with Crippen molar-refractivity contribution in [2.75, 3.05) is 12.3 Å². The highest BCUT2D eigenvalue weighted by molar-refractivity contribution is 6.88. The highest BCUT2D eigenvalue weighted by Gasteiger charge is 2.52. The summed E-state index contributed by atoms with van der Waals surface area (Å²) in [5, 5.41) is 0.814. The summed E-state index contributed by atoms with van der Waals surface area (Å²) in [7, 11) is -1.86. The van der Waals surface area contributed by atoms with Gasteiger partial charge in [-0.3, -0.25) is 4.79 Å². The maximum absolute atomic E-state index is 14.5. The van der Waals surface area contributed by atoms with E-state index in [9.17, 15) is 18.4 Å². The summed E-state index contributed by atoms with van der Waals surface area (Å²) in [4.78, 5) is 22.9. The zero-order chi connectivity index (χ0) is 18.7. The van der Waals surface area contributed by atoms with Crippen molar-refractivity contribution in [1.29, 1.82) is 0 Å². The van der Waals surface area contributed by atoms with E-state index in [4.69, 9.17) is 10.5 Å². The Morgan fingerprint density at radius 3 is 2.29 bits per heavy atom. The number of alkyl halides is 2. The molecule has 134 valence electrons. The Balaban J connectivity index is 3.44. The number of rotatable bonds is 6. The lowest BCUT2D eigenvalue weighted by Gasteiger charge is -2.27. The number of hydrogen-bond donors (Lipinski definition) is 1. The number of benzene rings is 1. The number of nitrogens with two attached hydrogens (primary N) is 1. The number of nitrogen functional groups attached to an aromatic ring is 1. The average Bonchev–Trinajstić information content (AvgIpc) is 2.43. The first-order valence-electron chi connectivity index (χ1n) is 7.52. The Morgan fingerprint density at radius 2 is 1.83 bits per heavy atom. The van der Waals surface area contributed by atoms with Crippen molar-refractivity contribution in [3.8, 4) is 0 Å². The van der Waals surface area contributed by atoms with E-state index in [-0.39, 0.29) is 17.9 Å². The molecule has 5 nitrogen and oxygen atoms in total. The Hall–Kier alpha value is -1.96. The predicted molar refractivity (Wildman–Crippen MR) is 89.9 cm³/mol. The fourth-order valence-corrected chi connectivity index (χ4v) is 3.31. The van der Waals surface area contributed by atoms with E-state index >= 15 is 0 Å². The molecule has 0 aliphatic heterocycles. The molecule has 1 rings (SSSR count). The smallest absolute Gasteiger partial charge is 0.382 e.